The number of hydrogen-bond acceptors (Lipinski definition) is 1. The molecule has 0 bridgehead atoms. The summed E-state index contributed by atoms with van der Waals surface area (Å²) in [6.45, 7) is 0. The summed E-state index contributed by atoms with van der Waals surface area (Å²) in [7, 11) is 0. The van der Waals surface area contributed by atoms with Gasteiger partial charge in [0.1, 0.15) is 5.82 Å². The summed E-state index contributed by atoms with van der Waals surface area (Å²) in [5.41, 5.74) is 0. The lowest BCUT2D eigenvalue weighted by Gasteiger charge is -2.08. The first-order chi connectivity index (χ1) is 6.75. The van der Waals surface area contributed by atoms with Crippen molar-refractivity contribution in [3.8, 4) is 0 Å². The molecular weight excluding hydrogens is 263 g/mol. The van der Waals surface area contributed by atoms with Crippen LogP contribution in [-0.2, 0) is 0 Å². The lowest BCUT2D eigenvalue weighted by atomic mass is 10.3. The minimum atomic E-state index is -0.180. The number of benzene rings is 1. The highest BCUT2D eigenvalue weighted by molar-refractivity contribution is 9.10. The van der Waals surface area contributed by atoms with Gasteiger partial charge >= 0.3 is 0 Å². The van der Waals surface area contributed by atoms with Crippen molar-refractivity contribution < 1.29 is 4.39 Å². The van der Waals surface area contributed by atoms with Crippen LogP contribution in [0.5, 0.6) is 0 Å². The zero-order chi connectivity index (χ0) is 9.97. The average Bonchev–Trinajstić information content (AvgIpc) is 2.64. The fraction of sp³-hybridized carbons (Fsp3) is 0.455. The third-order valence-corrected chi connectivity index (χ3v) is 4.43. The van der Waals surface area contributed by atoms with Crippen molar-refractivity contribution in [3.05, 3.63) is 28.5 Å². The number of hydrogen-bond donors (Lipinski definition) is 0. The van der Waals surface area contributed by atoms with Crippen LogP contribution >= 0.6 is 27.7 Å². The Hall–Kier alpha value is -0.0200. The molecule has 14 heavy (non-hydrogen) atoms. The van der Waals surface area contributed by atoms with Gasteiger partial charge in [-0.2, -0.15) is 0 Å². The second-order valence-corrected chi connectivity index (χ2v) is 5.83. The normalized spacial score (nSPS) is 17.6. The van der Waals surface area contributed by atoms with Crippen LogP contribution in [-0.4, -0.2) is 5.25 Å². The zero-order valence-electron chi connectivity index (χ0n) is 7.80. The van der Waals surface area contributed by atoms with Crippen molar-refractivity contribution in [1.29, 1.82) is 0 Å². The predicted molar refractivity (Wildman–Crippen MR) is 62.2 cm³/mol. The van der Waals surface area contributed by atoms with E-state index in [1.807, 2.05) is 23.9 Å². The van der Waals surface area contributed by atoms with E-state index in [2.05, 4.69) is 15.9 Å². The van der Waals surface area contributed by atoms with Crippen molar-refractivity contribution in [2.24, 2.45) is 0 Å². The van der Waals surface area contributed by atoms with Gasteiger partial charge in [-0.25, -0.2) is 4.39 Å². The summed E-state index contributed by atoms with van der Waals surface area (Å²) >= 11 is 5.08. The molecule has 0 N–H and O–H groups in total. The van der Waals surface area contributed by atoms with E-state index < -0.39 is 0 Å². The van der Waals surface area contributed by atoms with Gasteiger partial charge in [-0.05, 0) is 47.0 Å². The molecule has 3 heteroatoms. The molecule has 1 aliphatic carbocycles. The van der Waals surface area contributed by atoms with Crippen LogP contribution in [0.15, 0.2) is 27.6 Å². The van der Waals surface area contributed by atoms with Gasteiger partial charge in [0.05, 0.1) is 4.47 Å². The summed E-state index contributed by atoms with van der Waals surface area (Å²) in [5, 5.41) is 0.743. The van der Waals surface area contributed by atoms with E-state index in [1.54, 1.807) is 0 Å². The molecule has 0 unspecified atom stereocenters. The molecule has 0 aliphatic heterocycles. The van der Waals surface area contributed by atoms with Gasteiger partial charge in [0, 0.05) is 10.1 Å². The average molecular weight is 275 g/mol. The first-order valence-corrected chi connectivity index (χ1v) is 6.54. The second-order valence-electron chi connectivity index (χ2n) is 3.60. The maximum absolute atomic E-state index is 13.0. The molecule has 1 aromatic carbocycles. The highest BCUT2D eigenvalue weighted by atomic mass is 79.9. The summed E-state index contributed by atoms with van der Waals surface area (Å²) in [5.74, 6) is -0.180. The van der Waals surface area contributed by atoms with Gasteiger partial charge in [0.15, 0.2) is 0 Å². The Balaban J connectivity index is 2.05. The number of rotatable bonds is 2. The molecule has 0 saturated heterocycles. The van der Waals surface area contributed by atoms with Crippen LogP contribution < -0.4 is 0 Å². The Morgan fingerprint density at radius 2 is 2.00 bits per heavy atom. The Labute approximate surface area is 96.4 Å². The van der Waals surface area contributed by atoms with E-state index in [4.69, 9.17) is 0 Å². The van der Waals surface area contributed by atoms with Crippen molar-refractivity contribution in [1.82, 2.24) is 0 Å². The SMILES string of the molecule is Fc1ccc(SC2CCCC2)cc1Br. The van der Waals surface area contributed by atoms with Crippen molar-refractivity contribution >= 4 is 27.7 Å². The molecule has 0 aromatic heterocycles. The highest BCUT2D eigenvalue weighted by Gasteiger charge is 2.16. The molecule has 0 spiro atoms. The van der Waals surface area contributed by atoms with E-state index >= 15 is 0 Å². The monoisotopic (exact) mass is 274 g/mol. The van der Waals surface area contributed by atoms with Gasteiger partial charge in [0.25, 0.3) is 0 Å². The van der Waals surface area contributed by atoms with E-state index in [9.17, 15) is 4.39 Å². The minimum absolute atomic E-state index is 0.180. The first-order valence-electron chi connectivity index (χ1n) is 4.87. The maximum atomic E-state index is 13.0. The Bertz CT molecular complexity index is 321. The molecular formula is C11H12BrFS. The van der Waals surface area contributed by atoms with Gasteiger partial charge in [0.2, 0.25) is 0 Å². The third-order valence-electron chi connectivity index (χ3n) is 2.50. The van der Waals surface area contributed by atoms with Gasteiger partial charge in [-0.1, -0.05) is 12.8 Å². The molecule has 76 valence electrons. The summed E-state index contributed by atoms with van der Waals surface area (Å²) in [6, 6.07) is 5.27. The molecule has 0 atom stereocenters. The standard InChI is InChI=1S/C11H12BrFS/c12-10-7-9(5-6-11(10)13)14-8-3-1-2-4-8/h5-8H,1-4H2. The smallest absolute Gasteiger partial charge is 0.137 e. The topological polar surface area (TPSA) is 0 Å². The molecule has 1 aliphatic rings. The van der Waals surface area contributed by atoms with Crippen molar-refractivity contribution in [2.45, 2.75) is 35.8 Å². The fourth-order valence-corrected chi connectivity index (χ4v) is 3.57. The molecule has 0 amide bonds. The van der Waals surface area contributed by atoms with Gasteiger partial charge in [-0.3, -0.25) is 0 Å². The Morgan fingerprint density at radius 1 is 1.29 bits per heavy atom. The molecule has 0 nitrogen and oxygen atoms in total. The first kappa shape index (κ1) is 10.5. The number of thioether (sulfide) groups is 1. The van der Waals surface area contributed by atoms with Crippen molar-refractivity contribution in [2.75, 3.05) is 0 Å². The molecule has 1 saturated carbocycles. The molecule has 0 radical (unpaired) electrons. The predicted octanol–water partition coefficient (Wildman–Crippen LogP) is 4.62. The lowest BCUT2D eigenvalue weighted by Crippen LogP contribution is -1.93. The van der Waals surface area contributed by atoms with Gasteiger partial charge < -0.3 is 0 Å². The largest absolute Gasteiger partial charge is 0.206 e. The van der Waals surface area contributed by atoms with Crippen LogP contribution in [0.4, 0.5) is 4.39 Å². The number of halogens is 2. The molecule has 2 rings (SSSR count). The molecule has 0 heterocycles. The van der Waals surface area contributed by atoms with E-state index in [0.717, 1.165) is 5.25 Å². The van der Waals surface area contributed by atoms with Crippen LogP contribution in [0.2, 0.25) is 0 Å². The fourth-order valence-electron chi connectivity index (χ4n) is 1.75. The highest BCUT2D eigenvalue weighted by Crippen LogP contribution is 2.35. The van der Waals surface area contributed by atoms with Crippen LogP contribution in [0.3, 0.4) is 0 Å². The van der Waals surface area contributed by atoms with E-state index in [0.29, 0.717) is 4.47 Å². The van der Waals surface area contributed by atoms with Crippen LogP contribution in [0.1, 0.15) is 25.7 Å². The Morgan fingerprint density at radius 3 is 2.64 bits per heavy atom. The van der Waals surface area contributed by atoms with Crippen LogP contribution in [0.25, 0.3) is 0 Å². The van der Waals surface area contributed by atoms with Crippen LogP contribution in [0, 0.1) is 5.82 Å². The van der Waals surface area contributed by atoms with E-state index in [-0.39, 0.29) is 5.82 Å². The second kappa shape index (κ2) is 4.67. The lowest BCUT2D eigenvalue weighted by molar-refractivity contribution is 0.619. The maximum Gasteiger partial charge on any atom is 0.137 e. The summed E-state index contributed by atoms with van der Waals surface area (Å²) < 4.78 is 13.5. The summed E-state index contributed by atoms with van der Waals surface area (Å²) in [6.07, 6.45) is 5.30. The summed E-state index contributed by atoms with van der Waals surface area (Å²) in [4.78, 5) is 1.17. The van der Waals surface area contributed by atoms with Crippen molar-refractivity contribution in [3.63, 3.8) is 0 Å². The minimum Gasteiger partial charge on any atom is -0.206 e. The van der Waals surface area contributed by atoms with E-state index in [1.165, 1.54) is 36.6 Å². The van der Waals surface area contributed by atoms with Gasteiger partial charge in [-0.15, -0.1) is 11.8 Å². The molecule has 1 fully saturated rings. The Kier molecular flexibility index (Phi) is 3.50. The zero-order valence-corrected chi connectivity index (χ0v) is 10.2. The quantitative estimate of drug-likeness (QED) is 0.758. The third kappa shape index (κ3) is 2.51. The molecule has 1 aromatic rings.